The zero-order valence-corrected chi connectivity index (χ0v) is 43.7. The zero-order valence-electron chi connectivity index (χ0n) is 40.9. The van der Waals surface area contributed by atoms with Crippen LogP contribution in [0.25, 0.3) is 0 Å². The molecule has 5 heteroatoms. The molecule has 1 aromatic carbocycles. The second kappa shape index (κ2) is 48.6. The summed E-state index contributed by atoms with van der Waals surface area (Å²) in [7, 11) is -4.33. The fraction of sp³-hybridized carbons (Fsp3) is 0.891. The summed E-state index contributed by atoms with van der Waals surface area (Å²) in [5.41, 5.74) is 1.12. The molecule has 0 heterocycles. The van der Waals surface area contributed by atoms with E-state index in [-0.39, 0.29) is 34.5 Å². The summed E-state index contributed by atoms with van der Waals surface area (Å²) < 4.78 is 33.1. The van der Waals surface area contributed by atoms with Crippen molar-refractivity contribution < 1.29 is 42.5 Å². The average molecular weight is 867 g/mol. The molecule has 0 saturated heterocycles. The van der Waals surface area contributed by atoms with Gasteiger partial charge in [-0.15, -0.1) is 0 Å². The van der Waals surface area contributed by atoms with Gasteiger partial charge in [0.1, 0.15) is 10.1 Å². The Morgan fingerprint density at radius 1 is 0.300 bits per heavy atom. The Morgan fingerprint density at radius 3 is 0.633 bits per heavy atom. The molecule has 0 aromatic heterocycles. The molecule has 0 amide bonds. The van der Waals surface area contributed by atoms with Gasteiger partial charge in [0.25, 0.3) is 0 Å². The molecule has 0 aliphatic rings. The van der Waals surface area contributed by atoms with Crippen LogP contribution in [0.3, 0.4) is 0 Å². The fourth-order valence-corrected chi connectivity index (χ4v) is 9.65. The zero-order chi connectivity index (χ0) is 42.4. The molecule has 1 rings (SSSR count). The van der Waals surface area contributed by atoms with Gasteiger partial charge in [-0.1, -0.05) is 314 Å². The third kappa shape index (κ3) is 44.7. The summed E-state index contributed by atoms with van der Waals surface area (Å²) in [4.78, 5) is -0.131. The molecular weight excluding hydrogens is 764 g/mol. The second-order valence-electron chi connectivity index (χ2n) is 19.1. The van der Waals surface area contributed by atoms with Crippen LogP contribution in [0.15, 0.2) is 29.2 Å². The predicted octanol–water partition coefficient (Wildman–Crippen LogP) is 16.5. The van der Waals surface area contributed by atoms with Gasteiger partial charge in [-0.25, -0.2) is 8.42 Å². The molecular formula is C55H103NaO3S. The van der Waals surface area contributed by atoms with E-state index >= 15 is 0 Å². The summed E-state index contributed by atoms with van der Waals surface area (Å²) in [6, 6.07) is 6.42. The van der Waals surface area contributed by atoms with Gasteiger partial charge in [-0.05, 0) is 30.5 Å². The smallest absolute Gasteiger partial charge is 0.744 e. The topological polar surface area (TPSA) is 57.2 Å². The van der Waals surface area contributed by atoms with Crippen molar-refractivity contribution in [2.75, 3.05) is 0 Å². The number of hydrogen-bond donors (Lipinski definition) is 0. The van der Waals surface area contributed by atoms with Crippen LogP contribution in [-0.2, 0) is 16.5 Å². The Balaban J connectivity index is 0.0000348. The van der Waals surface area contributed by atoms with Gasteiger partial charge >= 0.3 is 29.6 Å². The van der Waals surface area contributed by atoms with Crippen LogP contribution >= 0.6 is 0 Å². The first-order valence-corrected chi connectivity index (χ1v) is 28.5. The van der Waals surface area contributed by atoms with Crippen molar-refractivity contribution in [3.63, 3.8) is 0 Å². The van der Waals surface area contributed by atoms with E-state index in [0.717, 1.165) is 18.4 Å². The van der Waals surface area contributed by atoms with Gasteiger partial charge in [-0.3, -0.25) is 0 Å². The van der Waals surface area contributed by atoms with Crippen LogP contribution in [0.1, 0.15) is 314 Å². The predicted molar refractivity (Wildman–Crippen MR) is 261 cm³/mol. The van der Waals surface area contributed by atoms with E-state index < -0.39 is 10.1 Å². The average Bonchev–Trinajstić information content (AvgIpc) is 3.23. The molecule has 0 radical (unpaired) electrons. The van der Waals surface area contributed by atoms with Gasteiger partial charge in [0.2, 0.25) is 0 Å². The minimum absolute atomic E-state index is 0. The van der Waals surface area contributed by atoms with E-state index in [9.17, 15) is 13.0 Å². The van der Waals surface area contributed by atoms with Crippen LogP contribution in [-0.4, -0.2) is 13.0 Å². The second-order valence-corrected chi connectivity index (χ2v) is 20.5. The summed E-state index contributed by atoms with van der Waals surface area (Å²) in [5.74, 6) is 0. The van der Waals surface area contributed by atoms with Gasteiger partial charge in [0.15, 0.2) is 0 Å². The maximum atomic E-state index is 11.0. The van der Waals surface area contributed by atoms with Crippen molar-refractivity contribution in [1.82, 2.24) is 0 Å². The minimum atomic E-state index is -4.33. The summed E-state index contributed by atoms with van der Waals surface area (Å²) in [6.07, 6.45) is 68.8. The van der Waals surface area contributed by atoms with E-state index in [4.69, 9.17) is 0 Å². The first kappa shape index (κ1) is 60.1. The quantitative estimate of drug-likeness (QED) is 0.0372. The van der Waals surface area contributed by atoms with E-state index in [1.807, 2.05) is 0 Å². The van der Waals surface area contributed by atoms with E-state index in [0.29, 0.717) is 0 Å². The molecule has 60 heavy (non-hydrogen) atoms. The van der Waals surface area contributed by atoms with Crippen molar-refractivity contribution in [1.29, 1.82) is 0 Å². The minimum Gasteiger partial charge on any atom is -0.744 e. The Labute approximate surface area is 399 Å². The summed E-state index contributed by atoms with van der Waals surface area (Å²) in [6.45, 7) is 2.31. The largest absolute Gasteiger partial charge is 1.00 e. The van der Waals surface area contributed by atoms with Crippen LogP contribution < -0.4 is 29.6 Å². The van der Waals surface area contributed by atoms with E-state index in [1.54, 1.807) is 12.1 Å². The van der Waals surface area contributed by atoms with Crippen LogP contribution in [0, 0.1) is 0 Å². The number of benzene rings is 1. The molecule has 3 nitrogen and oxygen atoms in total. The van der Waals surface area contributed by atoms with Crippen molar-refractivity contribution in [3.05, 3.63) is 29.8 Å². The number of rotatable bonds is 49. The molecule has 0 bridgehead atoms. The Bertz CT molecular complexity index is 1060. The van der Waals surface area contributed by atoms with Crippen molar-refractivity contribution in [3.8, 4) is 0 Å². The van der Waals surface area contributed by atoms with Crippen LogP contribution in [0.5, 0.6) is 0 Å². The normalized spacial score (nSPS) is 11.7. The SMILES string of the molecule is CCCCCCCCCCCCCCCCCCCCCCCCCCCCCCCCCCCCCCCCCCCCCCCCCc1ccc(S(=O)(=O)[O-])cc1.[Na+]. The molecule has 0 aliphatic carbocycles. The molecule has 0 unspecified atom stereocenters. The van der Waals surface area contributed by atoms with Gasteiger partial charge < -0.3 is 4.55 Å². The molecule has 0 fully saturated rings. The van der Waals surface area contributed by atoms with Crippen molar-refractivity contribution >= 4 is 10.1 Å². The molecule has 1 aromatic rings. The van der Waals surface area contributed by atoms with Gasteiger partial charge in [-0.2, -0.15) is 0 Å². The molecule has 0 saturated carbocycles. The summed E-state index contributed by atoms with van der Waals surface area (Å²) in [5, 5.41) is 0. The molecule has 0 N–H and O–H groups in total. The number of hydrogen-bond acceptors (Lipinski definition) is 3. The maximum Gasteiger partial charge on any atom is 1.00 e. The first-order chi connectivity index (χ1) is 29.0. The van der Waals surface area contributed by atoms with Gasteiger partial charge in [0, 0.05) is 0 Å². The Morgan fingerprint density at radius 2 is 0.467 bits per heavy atom. The Kier molecular flexibility index (Phi) is 48.7. The van der Waals surface area contributed by atoms with Crippen LogP contribution in [0.2, 0.25) is 0 Å². The molecule has 0 atom stereocenters. The first-order valence-electron chi connectivity index (χ1n) is 27.1. The fourth-order valence-electron chi connectivity index (χ4n) is 9.18. The van der Waals surface area contributed by atoms with E-state index in [2.05, 4.69) is 6.92 Å². The van der Waals surface area contributed by atoms with Crippen molar-refractivity contribution in [2.45, 2.75) is 320 Å². The third-order valence-electron chi connectivity index (χ3n) is 13.3. The third-order valence-corrected chi connectivity index (χ3v) is 14.1. The maximum absolute atomic E-state index is 11.0. The van der Waals surface area contributed by atoms with Crippen molar-refractivity contribution in [2.24, 2.45) is 0 Å². The molecule has 0 spiro atoms. The van der Waals surface area contributed by atoms with Gasteiger partial charge in [0.05, 0.1) is 4.90 Å². The summed E-state index contributed by atoms with van der Waals surface area (Å²) >= 11 is 0. The standard InChI is InChI=1S/C55H104O3S.Na/c1-2-3-4-5-6-7-8-9-10-11-12-13-14-15-16-17-18-19-20-21-22-23-24-25-26-27-28-29-30-31-32-33-34-35-36-37-38-39-40-41-42-43-44-45-46-47-48-49-54-50-52-55(53-51-54)59(56,57)58;/h50-53H,2-49H2,1H3,(H,56,57,58);/q;+1/p-1. The number of aryl methyl sites for hydroxylation is 1. The van der Waals surface area contributed by atoms with E-state index in [1.165, 1.54) is 307 Å². The monoisotopic (exact) mass is 867 g/mol. The number of unbranched alkanes of at least 4 members (excludes halogenated alkanes) is 46. The molecule has 0 aliphatic heterocycles. The Hall–Kier alpha value is 0.130. The molecule has 348 valence electrons. The van der Waals surface area contributed by atoms with Crippen LogP contribution in [0.4, 0.5) is 0 Å².